The van der Waals surface area contributed by atoms with Crippen molar-refractivity contribution in [1.29, 1.82) is 0 Å². The second kappa shape index (κ2) is 8.84. The summed E-state index contributed by atoms with van der Waals surface area (Å²) in [5.74, 6) is 1.28. The molecule has 2 fully saturated rings. The molecule has 4 rings (SSSR count). The van der Waals surface area contributed by atoms with Crippen molar-refractivity contribution in [1.82, 2.24) is 14.9 Å². The Bertz CT molecular complexity index is 951. The number of hydrogen-bond donors (Lipinski definition) is 1. The molecule has 2 atom stereocenters. The molecule has 10 heteroatoms. The number of nitrogens with zero attached hydrogens (tertiary/aromatic N) is 5. The molecule has 10 nitrogen and oxygen atoms in total. The Hall–Kier alpha value is -3.27. The second-order valence-electron chi connectivity index (χ2n) is 8.29. The maximum absolute atomic E-state index is 12.2. The van der Waals surface area contributed by atoms with Gasteiger partial charge in [0.05, 0.1) is 11.0 Å². The summed E-state index contributed by atoms with van der Waals surface area (Å²) in [5.41, 5.74) is 1.14. The van der Waals surface area contributed by atoms with Gasteiger partial charge in [-0.1, -0.05) is 26.0 Å². The number of cyclic esters (lactones) is 1. The van der Waals surface area contributed by atoms with Gasteiger partial charge in [-0.05, 0) is 24.0 Å². The highest BCUT2D eigenvalue weighted by Crippen LogP contribution is 2.26. The first kappa shape index (κ1) is 21.0. The lowest BCUT2D eigenvalue weighted by atomic mass is 10.0. The fraction of sp³-hybridized carbons (Fsp3) is 0.476. The molecule has 31 heavy (non-hydrogen) atoms. The van der Waals surface area contributed by atoms with Crippen LogP contribution in [0.15, 0.2) is 36.5 Å². The van der Waals surface area contributed by atoms with Gasteiger partial charge in [0.15, 0.2) is 0 Å². The molecule has 0 spiro atoms. The summed E-state index contributed by atoms with van der Waals surface area (Å²) < 4.78 is 5.22. The van der Waals surface area contributed by atoms with Crippen molar-refractivity contribution in [3.8, 4) is 0 Å². The van der Waals surface area contributed by atoms with Crippen LogP contribution in [0.3, 0.4) is 0 Å². The third-order valence-corrected chi connectivity index (χ3v) is 5.72. The molecule has 1 aromatic carbocycles. The maximum atomic E-state index is 12.2. The predicted molar refractivity (Wildman–Crippen MR) is 115 cm³/mol. The number of amides is 1. The molecule has 0 bridgehead atoms. The van der Waals surface area contributed by atoms with Crippen LogP contribution in [0, 0.1) is 16.0 Å². The Balaban J connectivity index is 1.36. The van der Waals surface area contributed by atoms with E-state index in [4.69, 9.17) is 4.74 Å². The predicted octanol–water partition coefficient (Wildman–Crippen LogP) is 3.05. The molecule has 1 N–H and O–H groups in total. The Morgan fingerprint density at radius 3 is 2.77 bits per heavy atom. The SMILES string of the molecule is CC(C)[C@H]1COC(=O)N1c1ccnc(NC2CCN(Cc3ccc([N+](=O)[O-])cc3)C2)n1. The first-order valence-corrected chi connectivity index (χ1v) is 10.4. The van der Waals surface area contributed by atoms with Gasteiger partial charge in [-0.25, -0.2) is 9.78 Å². The number of carbonyl (C=O) groups excluding carboxylic acids is 1. The highest BCUT2D eigenvalue weighted by molar-refractivity contribution is 5.89. The number of benzene rings is 1. The van der Waals surface area contributed by atoms with E-state index in [2.05, 4.69) is 34.0 Å². The van der Waals surface area contributed by atoms with Gasteiger partial charge in [-0.15, -0.1) is 0 Å². The van der Waals surface area contributed by atoms with E-state index in [9.17, 15) is 14.9 Å². The van der Waals surface area contributed by atoms with Crippen molar-refractivity contribution in [3.05, 3.63) is 52.2 Å². The standard InChI is InChI=1S/C21H26N6O4/c1-14(2)18-13-31-21(28)26(18)19-7-9-22-20(24-19)23-16-8-10-25(12-16)11-15-3-5-17(6-4-15)27(29)30/h3-7,9,14,16,18H,8,10-13H2,1-2H3,(H,22,23,24)/t16?,18-/m1/s1. The molecule has 1 aromatic heterocycles. The number of non-ortho nitro benzene ring substituents is 1. The molecule has 0 radical (unpaired) electrons. The molecule has 2 saturated heterocycles. The van der Waals surface area contributed by atoms with Crippen LogP contribution in [-0.4, -0.2) is 57.7 Å². The minimum Gasteiger partial charge on any atom is -0.447 e. The Labute approximate surface area is 180 Å². The summed E-state index contributed by atoms with van der Waals surface area (Å²) in [7, 11) is 0. The summed E-state index contributed by atoms with van der Waals surface area (Å²) in [4.78, 5) is 35.4. The highest BCUT2D eigenvalue weighted by atomic mass is 16.6. The molecule has 0 saturated carbocycles. The molecule has 0 aliphatic carbocycles. The van der Waals surface area contributed by atoms with Gasteiger partial charge < -0.3 is 10.1 Å². The smallest absolute Gasteiger partial charge is 0.415 e. The first-order chi connectivity index (χ1) is 14.9. The number of nitrogens with one attached hydrogen (secondary N) is 1. The monoisotopic (exact) mass is 426 g/mol. The Morgan fingerprint density at radius 2 is 2.06 bits per heavy atom. The quantitative estimate of drug-likeness (QED) is 0.531. The Kier molecular flexibility index (Phi) is 5.99. The summed E-state index contributed by atoms with van der Waals surface area (Å²) in [6.45, 7) is 6.92. The van der Waals surface area contributed by atoms with Gasteiger partial charge in [0.2, 0.25) is 5.95 Å². The van der Waals surface area contributed by atoms with E-state index in [1.54, 1.807) is 29.3 Å². The van der Waals surface area contributed by atoms with E-state index in [0.717, 1.165) is 31.6 Å². The van der Waals surface area contributed by atoms with Crippen LogP contribution in [0.2, 0.25) is 0 Å². The number of anilines is 2. The van der Waals surface area contributed by atoms with Crippen LogP contribution >= 0.6 is 0 Å². The van der Waals surface area contributed by atoms with Gasteiger partial charge in [-0.2, -0.15) is 4.98 Å². The third kappa shape index (κ3) is 4.74. The lowest BCUT2D eigenvalue weighted by molar-refractivity contribution is -0.384. The summed E-state index contributed by atoms with van der Waals surface area (Å²) in [6.07, 6.45) is 2.21. The van der Waals surface area contributed by atoms with E-state index in [0.29, 0.717) is 18.4 Å². The second-order valence-corrected chi connectivity index (χ2v) is 8.29. The zero-order chi connectivity index (χ0) is 22.0. The fourth-order valence-corrected chi connectivity index (χ4v) is 4.00. The fourth-order valence-electron chi connectivity index (χ4n) is 4.00. The minimum atomic E-state index is -0.390. The lowest BCUT2D eigenvalue weighted by Gasteiger charge is -2.23. The maximum Gasteiger partial charge on any atom is 0.415 e. The van der Waals surface area contributed by atoms with Gasteiger partial charge in [0.25, 0.3) is 5.69 Å². The summed E-state index contributed by atoms with van der Waals surface area (Å²) in [5, 5.41) is 14.2. The van der Waals surface area contributed by atoms with Crippen molar-refractivity contribution < 1.29 is 14.5 Å². The zero-order valence-corrected chi connectivity index (χ0v) is 17.6. The molecule has 2 aromatic rings. The van der Waals surface area contributed by atoms with Crippen molar-refractivity contribution in [2.75, 3.05) is 29.9 Å². The lowest BCUT2D eigenvalue weighted by Crippen LogP contribution is -2.38. The van der Waals surface area contributed by atoms with Crippen molar-refractivity contribution in [2.24, 2.45) is 5.92 Å². The molecule has 1 unspecified atom stereocenters. The minimum absolute atomic E-state index is 0.0427. The first-order valence-electron chi connectivity index (χ1n) is 10.4. The van der Waals surface area contributed by atoms with E-state index >= 15 is 0 Å². The van der Waals surface area contributed by atoms with Crippen molar-refractivity contribution in [3.63, 3.8) is 0 Å². The van der Waals surface area contributed by atoms with E-state index in [-0.39, 0.29) is 34.7 Å². The molecule has 164 valence electrons. The molecular formula is C21H26N6O4. The average molecular weight is 426 g/mol. The van der Waals surface area contributed by atoms with Crippen LogP contribution in [0.5, 0.6) is 0 Å². The van der Waals surface area contributed by atoms with Crippen LogP contribution in [0.1, 0.15) is 25.8 Å². The summed E-state index contributed by atoms with van der Waals surface area (Å²) in [6, 6.07) is 8.53. The van der Waals surface area contributed by atoms with Crippen molar-refractivity contribution >= 4 is 23.5 Å². The molecule has 1 amide bonds. The van der Waals surface area contributed by atoms with Gasteiger partial charge in [0.1, 0.15) is 12.4 Å². The average Bonchev–Trinajstić information content (AvgIpc) is 3.35. The summed E-state index contributed by atoms with van der Waals surface area (Å²) >= 11 is 0. The number of nitro benzene ring substituents is 1. The number of hydrogen-bond acceptors (Lipinski definition) is 8. The molecule has 2 aliphatic heterocycles. The number of carbonyl (C=O) groups is 1. The van der Waals surface area contributed by atoms with Gasteiger partial charge in [-0.3, -0.25) is 19.9 Å². The number of likely N-dealkylation sites (tertiary alicyclic amines) is 1. The topological polar surface area (TPSA) is 114 Å². The van der Waals surface area contributed by atoms with Crippen LogP contribution in [0.25, 0.3) is 0 Å². The molecule has 3 heterocycles. The normalized spacial score (nSPS) is 21.5. The van der Waals surface area contributed by atoms with E-state index in [1.165, 1.54) is 12.1 Å². The third-order valence-electron chi connectivity index (χ3n) is 5.72. The van der Waals surface area contributed by atoms with Crippen molar-refractivity contribution in [2.45, 2.75) is 38.9 Å². The van der Waals surface area contributed by atoms with Crippen LogP contribution in [0.4, 0.5) is 22.2 Å². The highest BCUT2D eigenvalue weighted by Gasteiger charge is 2.37. The van der Waals surface area contributed by atoms with E-state index in [1.807, 2.05) is 0 Å². The number of aromatic nitrogens is 2. The largest absolute Gasteiger partial charge is 0.447 e. The van der Waals surface area contributed by atoms with Crippen LogP contribution < -0.4 is 10.2 Å². The number of ether oxygens (including phenoxy) is 1. The molecular weight excluding hydrogens is 400 g/mol. The van der Waals surface area contributed by atoms with Gasteiger partial charge >= 0.3 is 6.09 Å². The number of rotatable bonds is 7. The van der Waals surface area contributed by atoms with Gasteiger partial charge in [0, 0.05) is 44.0 Å². The number of nitro groups is 1. The zero-order valence-electron chi connectivity index (χ0n) is 17.6. The van der Waals surface area contributed by atoms with E-state index < -0.39 is 0 Å². The molecule has 2 aliphatic rings. The Morgan fingerprint density at radius 1 is 1.29 bits per heavy atom. The van der Waals surface area contributed by atoms with Crippen LogP contribution in [-0.2, 0) is 11.3 Å².